The summed E-state index contributed by atoms with van der Waals surface area (Å²) >= 11 is 1.34. The standard InChI is InChI=1S/C21H15F3N2O2S/c22-21(23,24)14-7-9-15(10-8-14)25-20(27)18-13-16(26-28)11-12-19(18)29-17-5-3-1-2-4-6-17/h1,3-13H,2H2,(H,25,27). The summed E-state index contributed by atoms with van der Waals surface area (Å²) in [6, 6.07) is 8.61. The first-order valence-corrected chi connectivity index (χ1v) is 9.36. The first kappa shape index (κ1) is 20.6. The van der Waals surface area contributed by atoms with Gasteiger partial charge in [-0.05, 0) is 60.1 Å². The first-order chi connectivity index (χ1) is 13.9. The number of nitrogens with zero attached hydrogens (tertiary/aromatic N) is 1. The van der Waals surface area contributed by atoms with E-state index >= 15 is 0 Å². The smallest absolute Gasteiger partial charge is 0.322 e. The number of rotatable bonds is 5. The third-order valence-corrected chi connectivity index (χ3v) is 5.05. The number of amides is 1. The van der Waals surface area contributed by atoms with Crippen molar-refractivity contribution in [3.05, 3.63) is 93.8 Å². The molecule has 8 heteroatoms. The zero-order valence-electron chi connectivity index (χ0n) is 14.9. The fourth-order valence-electron chi connectivity index (χ4n) is 2.54. The second-order valence-electron chi connectivity index (χ2n) is 6.04. The fraction of sp³-hybridized carbons (Fsp3) is 0.0952. The Morgan fingerprint density at radius 2 is 1.83 bits per heavy atom. The van der Waals surface area contributed by atoms with E-state index in [2.05, 4.69) is 10.5 Å². The SMILES string of the molecule is O=Nc1ccc(SC2=CC=CCC=C2)c(C(=O)Nc2ccc(C(F)(F)F)cc2)c1. The lowest BCUT2D eigenvalue weighted by Gasteiger charge is -2.12. The van der Waals surface area contributed by atoms with E-state index in [-0.39, 0.29) is 16.9 Å². The van der Waals surface area contributed by atoms with Crippen LogP contribution < -0.4 is 5.32 Å². The molecule has 0 fully saturated rings. The number of halogens is 3. The lowest BCUT2D eigenvalue weighted by atomic mass is 10.1. The fourth-order valence-corrected chi connectivity index (χ4v) is 3.50. The number of allylic oxidation sites excluding steroid dienone is 5. The van der Waals surface area contributed by atoms with Crippen LogP contribution in [0.2, 0.25) is 0 Å². The Balaban J connectivity index is 1.85. The molecule has 4 nitrogen and oxygen atoms in total. The number of nitrogens with one attached hydrogen (secondary N) is 1. The van der Waals surface area contributed by atoms with Gasteiger partial charge in [-0.25, -0.2) is 0 Å². The average Bonchev–Trinajstić information content (AvgIpc) is 2.96. The number of hydrogen-bond acceptors (Lipinski definition) is 4. The quantitative estimate of drug-likeness (QED) is 0.543. The van der Waals surface area contributed by atoms with Gasteiger partial charge in [0.05, 0.1) is 11.1 Å². The molecule has 0 bridgehead atoms. The molecule has 1 aliphatic carbocycles. The highest BCUT2D eigenvalue weighted by atomic mass is 32.2. The molecule has 148 valence electrons. The maximum Gasteiger partial charge on any atom is 0.416 e. The Hall–Kier alpha value is -3.13. The van der Waals surface area contributed by atoms with Crippen LogP contribution in [0.15, 0.2) is 87.8 Å². The number of carbonyl (C=O) groups is 1. The summed E-state index contributed by atoms with van der Waals surface area (Å²) in [5.41, 5.74) is -0.314. The van der Waals surface area contributed by atoms with E-state index in [0.29, 0.717) is 4.90 Å². The molecule has 1 amide bonds. The lowest BCUT2D eigenvalue weighted by molar-refractivity contribution is -0.137. The van der Waals surface area contributed by atoms with Gasteiger partial charge < -0.3 is 5.32 Å². The van der Waals surface area contributed by atoms with Crippen molar-refractivity contribution in [1.82, 2.24) is 0 Å². The molecule has 3 rings (SSSR count). The molecule has 0 aliphatic heterocycles. The average molecular weight is 416 g/mol. The first-order valence-electron chi connectivity index (χ1n) is 8.54. The van der Waals surface area contributed by atoms with Crippen LogP contribution in [0.25, 0.3) is 0 Å². The molecule has 29 heavy (non-hydrogen) atoms. The van der Waals surface area contributed by atoms with E-state index in [1.54, 1.807) is 6.07 Å². The van der Waals surface area contributed by atoms with Gasteiger partial charge in [-0.1, -0.05) is 36.1 Å². The van der Waals surface area contributed by atoms with Gasteiger partial charge in [0.15, 0.2) is 0 Å². The van der Waals surface area contributed by atoms with Gasteiger partial charge in [0.2, 0.25) is 0 Å². The Labute approximate surface area is 169 Å². The zero-order chi connectivity index (χ0) is 20.9. The molecule has 0 spiro atoms. The molecule has 0 heterocycles. The third kappa shape index (κ3) is 5.45. The Morgan fingerprint density at radius 1 is 1.07 bits per heavy atom. The van der Waals surface area contributed by atoms with Crippen LogP contribution in [-0.2, 0) is 6.18 Å². The van der Waals surface area contributed by atoms with Crippen molar-refractivity contribution in [3.8, 4) is 0 Å². The summed E-state index contributed by atoms with van der Waals surface area (Å²) in [6.07, 6.45) is 6.05. The van der Waals surface area contributed by atoms with Gasteiger partial charge in [-0.15, -0.1) is 4.91 Å². The minimum absolute atomic E-state index is 0.0807. The number of alkyl halides is 3. The van der Waals surface area contributed by atoms with Crippen molar-refractivity contribution in [2.75, 3.05) is 5.32 Å². The van der Waals surface area contributed by atoms with Gasteiger partial charge in [0, 0.05) is 15.5 Å². The molecule has 0 atom stereocenters. The Bertz CT molecular complexity index is 1010. The van der Waals surface area contributed by atoms with Crippen molar-refractivity contribution in [1.29, 1.82) is 0 Å². The second-order valence-corrected chi connectivity index (χ2v) is 7.15. The highest BCUT2D eigenvalue weighted by Crippen LogP contribution is 2.34. The largest absolute Gasteiger partial charge is 0.416 e. The summed E-state index contributed by atoms with van der Waals surface area (Å²) in [5.74, 6) is -0.550. The number of hydrogen-bond donors (Lipinski definition) is 1. The monoisotopic (exact) mass is 416 g/mol. The molecule has 0 saturated carbocycles. The number of carbonyl (C=O) groups excluding carboxylic acids is 1. The highest BCUT2D eigenvalue weighted by molar-refractivity contribution is 8.03. The summed E-state index contributed by atoms with van der Waals surface area (Å²) in [7, 11) is 0. The topological polar surface area (TPSA) is 58.5 Å². The number of thioether (sulfide) groups is 1. The Kier molecular flexibility index (Phi) is 6.33. The summed E-state index contributed by atoms with van der Waals surface area (Å²) < 4.78 is 38.1. The molecule has 0 radical (unpaired) electrons. The molecular weight excluding hydrogens is 401 g/mol. The van der Waals surface area contributed by atoms with Crippen LogP contribution in [0.3, 0.4) is 0 Å². The van der Waals surface area contributed by atoms with E-state index in [1.807, 2.05) is 30.4 Å². The molecule has 1 N–H and O–H groups in total. The van der Waals surface area contributed by atoms with Gasteiger partial charge in [0.25, 0.3) is 5.91 Å². The molecule has 0 unspecified atom stereocenters. The second kappa shape index (κ2) is 8.91. The van der Waals surface area contributed by atoms with Crippen molar-refractivity contribution < 1.29 is 18.0 Å². The van der Waals surface area contributed by atoms with Gasteiger partial charge in [0.1, 0.15) is 5.69 Å². The van der Waals surface area contributed by atoms with Crippen LogP contribution in [0.1, 0.15) is 22.3 Å². The van der Waals surface area contributed by atoms with Crippen molar-refractivity contribution >= 4 is 29.0 Å². The third-order valence-electron chi connectivity index (χ3n) is 3.96. The van der Waals surface area contributed by atoms with E-state index in [4.69, 9.17) is 0 Å². The van der Waals surface area contributed by atoms with E-state index in [9.17, 15) is 22.9 Å². The van der Waals surface area contributed by atoms with Gasteiger partial charge in [-0.3, -0.25) is 4.79 Å². The van der Waals surface area contributed by atoms with Crippen LogP contribution >= 0.6 is 11.8 Å². The number of benzene rings is 2. The van der Waals surface area contributed by atoms with Crippen LogP contribution in [0.5, 0.6) is 0 Å². The maximum atomic E-state index is 12.8. The summed E-state index contributed by atoms with van der Waals surface area (Å²) in [6.45, 7) is 0. The normalized spacial score (nSPS) is 13.6. The molecule has 0 saturated heterocycles. The zero-order valence-corrected chi connectivity index (χ0v) is 15.8. The summed E-state index contributed by atoms with van der Waals surface area (Å²) in [5, 5.41) is 5.42. The van der Waals surface area contributed by atoms with Gasteiger partial charge >= 0.3 is 6.18 Å². The molecular formula is C21H15F3N2O2S. The molecule has 2 aromatic carbocycles. The highest BCUT2D eigenvalue weighted by Gasteiger charge is 2.30. The van der Waals surface area contributed by atoms with Crippen molar-refractivity contribution in [3.63, 3.8) is 0 Å². The van der Waals surface area contributed by atoms with E-state index in [0.717, 1.165) is 23.5 Å². The molecule has 1 aliphatic rings. The van der Waals surface area contributed by atoms with Crippen LogP contribution in [-0.4, -0.2) is 5.91 Å². The van der Waals surface area contributed by atoms with Gasteiger partial charge in [-0.2, -0.15) is 13.2 Å². The van der Waals surface area contributed by atoms with E-state index < -0.39 is 17.6 Å². The minimum atomic E-state index is -4.45. The van der Waals surface area contributed by atoms with Crippen LogP contribution in [0, 0.1) is 4.91 Å². The van der Waals surface area contributed by atoms with Crippen molar-refractivity contribution in [2.24, 2.45) is 5.18 Å². The molecule has 2 aromatic rings. The van der Waals surface area contributed by atoms with Crippen molar-refractivity contribution in [2.45, 2.75) is 17.5 Å². The minimum Gasteiger partial charge on any atom is -0.322 e. The maximum absolute atomic E-state index is 12.8. The van der Waals surface area contributed by atoms with E-state index in [1.165, 1.54) is 36.0 Å². The summed E-state index contributed by atoms with van der Waals surface area (Å²) in [4.78, 5) is 25.1. The predicted molar refractivity (Wildman–Crippen MR) is 108 cm³/mol. The van der Waals surface area contributed by atoms with Crippen LogP contribution in [0.4, 0.5) is 24.5 Å². The number of anilines is 1. The predicted octanol–water partition coefficient (Wildman–Crippen LogP) is 6.85. The molecule has 0 aromatic heterocycles. The Morgan fingerprint density at radius 3 is 2.52 bits per heavy atom. The lowest BCUT2D eigenvalue weighted by Crippen LogP contribution is -2.13. The number of nitroso groups, excluding NO2 is 1.